The smallest absolute Gasteiger partial charge is 0.231 e. The van der Waals surface area contributed by atoms with E-state index in [2.05, 4.69) is 11.4 Å². The van der Waals surface area contributed by atoms with Gasteiger partial charge in [0.1, 0.15) is 5.54 Å². The Hall–Kier alpha value is -0.730. The van der Waals surface area contributed by atoms with E-state index in [-0.39, 0.29) is 11.9 Å². The van der Waals surface area contributed by atoms with Crippen LogP contribution < -0.4 is 11.1 Å². The molecular formula is C11H19N3OS. The van der Waals surface area contributed by atoms with Gasteiger partial charge in [-0.3, -0.25) is 4.79 Å². The van der Waals surface area contributed by atoms with E-state index in [0.717, 1.165) is 31.4 Å². The van der Waals surface area contributed by atoms with E-state index in [1.807, 2.05) is 6.92 Å². The van der Waals surface area contributed by atoms with Crippen molar-refractivity contribution >= 4 is 17.7 Å². The molecule has 1 saturated carbocycles. The predicted molar refractivity (Wildman–Crippen MR) is 65.9 cm³/mol. The average molecular weight is 241 g/mol. The number of carbonyl (C=O) groups is 1. The first-order valence-corrected chi connectivity index (χ1v) is 6.79. The van der Waals surface area contributed by atoms with E-state index in [9.17, 15) is 4.79 Å². The summed E-state index contributed by atoms with van der Waals surface area (Å²) in [6.45, 7) is 1.92. The number of hydrogen-bond donors (Lipinski definition) is 2. The second-order valence-corrected chi connectivity index (χ2v) is 5.47. The van der Waals surface area contributed by atoms with Crippen LogP contribution in [0.4, 0.5) is 0 Å². The predicted octanol–water partition coefficient (Wildman–Crippen LogP) is 1.02. The molecule has 0 heterocycles. The third-order valence-electron chi connectivity index (χ3n) is 2.66. The molecule has 90 valence electrons. The van der Waals surface area contributed by atoms with Gasteiger partial charge in [0.2, 0.25) is 5.91 Å². The van der Waals surface area contributed by atoms with Crippen LogP contribution in [0.1, 0.15) is 32.6 Å². The molecule has 1 aliphatic carbocycles. The normalized spacial score (nSPS) is 20.1. The molecule has 5 heteroatoms. The third-order valence-corrected chi connectivity index (χ3v) is 3.89. The van der Waals surface area contributed by atoms with E-state index in [1.165, 1.54) is 11.8 Å². The zero-order valence-electron chi connectivity index (χ0n) is 9.66. The number of nitrogens with two attached hydrogens (primary N) is 1. The summed E-state index contributed by atoms with van der Waals surface area (Å²) >= 11 is 1.52. The molecule has 16 heavy (non-hydrogen) atoms. The number of hydrogen-bond acceptors (Lipinski definition) is 4. The highest BCUT2D eigenvalue weighted by molar-refractivity contribution is 7.99. The minimum atomic E-state index is -0.591. The zero-order valence-corrected chi connectivity index (χ0v) is 10.5. The lowest BCUT2D eigenvalue weighted by atomic mass is 10.0. The number of nitriles is 1. The zero-order chi connectivity index (χ0) is 12.0. The molecule has 1 atom stereocenters. The summed E-state index contributed by atoms with van der Waals surface area (Å²) in [5, 5.41) is 11.9. The Kier molecular flexibility index (Phi) is 5.10. The fourth-order valence-electron chi connectivity index (χ4n) is 1.88. The van der Waals surface area contributed by atoms with Crippen LogP contribution in [0.25, 0.3) is 0 Å². The molecule has 1 fully saturated rings. The van der Waals surface area contributed by atoms with Crippen molar-refractivity contribution in [3.8, 4) is 6.07 Å². The minimum Gasteiger partial charge on any atom is -0.337 e. The molecule has 1 unspecified atom stereocenters. The lowest BCUT2D eigenvalue weighted by molar-refractivity contribution is -0.119. The molecule has 4 nitrogen and oxygen atoms in total. The maximum atomic E-state index is 11.6. The van der Waals surface area contributed by atoms with E-state index in [1.54, 1.807) is 0 Å². The van der Waals surface area contributed by atoms with Crippen molar-refractivity contribution in [2.75, 3.05) is 11.5 Å². The maximum absolute atomic E-state index is 11.6. The summed E-state index contributed by atoms with van der Waals surface area (Å²) in [5.74, 6) is 1.12. The third kappa shape index (κ3) is 4.03. The number of rotatable bonds is 5. The molecule has 3 N–H and O–H groups in total. The molecular weight excluding hydrogens is 222 g/mol. The Bertz CT molecular complexity index is 279. The standard InChI is InChI=1S/C11H19N3OS/c1-9(13)6-16-7-10(15)14-11(8-12)4-2-3-5-11/h9H,2-7,13H2,1H3,(H,14,15). The highest BCUT2D eigenvalue weighted by Crippen LogP contribution is 2.28. The second kappa shape index (κ2) is 6.12. The van der Waals surface area contributed by atoms with E-state index >= 15 is 0 Å². The summed E-state index contributed by atoms with van der Waals surface area (Å²) in [6, 6.07) is 2.35. The maximum Gasteiger partial charge on any atom is 0.231 e. The van der Waals surface area contributed by atoms with Gasteiger partial charge in [0.25, 0.3) is 0 Å². The topological polar surface area (TPSA) is 78.9 Å². The molecule has 0 aromatic rings. The van der Waals surface area contributed by atoms with Gasteiger partial charge in [-0.15, -0.1) is 0 Å². The molecule has 0 spiro atoms. The van der Waals surface area contributed by atoms with Gasteiger partial charge in [0.15, 0.2) is 0 Å². The number of amides is 1. The highest BCUT2D eigenvalue weighted by atomic mass is 32.2. The van der Waals surface area contributed by atoms with Crippen LogP contribution in [0, 0.1) is 11.3 Å². The van der Waals surface area contributed by atoms with Crippen LogP contribution in [-0.2, 0) is 4.79 Å². The molecule has 0 aromatic heterocycles. The van der Waals surface area contributed by atoms with Crippen LogP contribution in [-0.4, -0.2) is 29.0 Å². The SMILES string of the molecule is CC(N)CSCC(=O)NC1(C#N)CCCC1. The van der Waals surface area contributed by atoms with Crippen LogP contribution in [0.5, 0.6) is 0 Å². The lowest BCUT2D eigenvalue weighted by Gasteiger charge is -2.21. The van der Waals surface area contributed by atoms with Crippen LogP contribution >= 0.6 is 11.8 Å². The summed E-state index contributed by atoms with van der Waals surface area (Å²) < 4.78 is 0. The van der Waals surface area contributed by atoms with Crippen molar-refractivity contribution in [1.29, 1.82) is 5.26 Å². The molecule has 1 aliphatic rings. The summed E-state index contributed by atoms with van der Waals surface area (Å²) in [5.41, 5.74) is 5.00. The van der Waals surface area contributed by atoms with Gasteiger partial charge >= 0.3 is 0 Å². The Morgan fingerprint density at radius 2 is 2.25 bits per heavy atom. The van der Waals surface area contributed by atoms with Gasteiger partial charge in [-0.1, -0.05) is 0 Å². The largest absolute Gasteiger partial charge is 0.337 e. The Morgan fingerprint density at radius 3 is 2.75 bits per heavy atom. The number of thioether (sulfide) groups is 1. The van der Waals surface area contributed by atoms with Gasteiger partial charge in [0, 0.05) is 11.8 Å². The minimum absolute atomic E-state index is 0.0471. The Balaban J connectivity index is 2.30. The summed E-state index contributed by atoms with van der Waals surface area (Å²) in [6.07, 6.45) is 3.63. The molecule has 0 saturated heterocycles. The van der Waals surface area contributed by atoms with Gasteiger partial charge in [-0.2, -0.15) is 17.0 Å². The summed E-state index contributed by atoms with van der Waals surface area (Å²) in [4.78, 5) is 11.6. The molecule has 0 bridgehead atoms. The van der Waals surface area contributed by atoms with Crippen molar-refractivity contribution in [2.45, 2.75) is 44.2 Å². The molecule has 0 aromatic carbocycles. The van der Waals surface area contributed by atoms with Crippen molar-refractivity contribution < 1.29 is 4.79 Å². The van der Waals surface area contributed by atoms with Gasteiger partial charge in [0.05, 0.1) is 11.8 Å². The monoisotopic (exact) mass is 241 g/mol. The Morgan fingerprint density at radius 1 is 1.62 bits per heavy atom. The Labute approximate surface area is 101 Å². The second-order valence-electron chi connectivity index (χ2n) is 4.44. The lowest BCUT2D eigenvalue weighted by Crippen LogP contribution is -2.46. The van der Waals surface area contributed by atoms with E-state index in [4.69, 9.17) is 11.0 Å². The molecule has 0 aliphatic heterocycles. The van der Waals surface area contributed by atoms with Gasteiger partial charge in [-0.05, 0) is 32.6 Å². The fourth-order valence-corrected chi connectivity index (χ4v) is 2.63. The van der Waals surface area contributed by atoms with E-state index in [0.29, 0.717) is 5.75 Å². The number of nitrogens with one attached hydrogen (secondary N) is 1. The van der Waals surface area contributed by atoms with Crippen LogP contribution in [0.15, 0.2) is 0 Å². The molecule has 1 rings (SSSR count). The quantitative estimate of drug-likeness (QED) is 0.753. The first kappa shape index (κ1) is 13.3. The fraction of sp³-hybridized carbons (Fsp3) is 0.818. The van der Waals surface area contributed by atoms with Crippen LogP contribution in [0.2, 0.25) is 0 Å². The van der Waals surface area contributed by atoms with Crippen molar-refractivity contribution in [2.24, 2.45) is 5.73 Å². The van der Waals surface area contributed by atoms with Gasteiger partial charge in [-0.25, -0.2) is 0 Å². The number of nitrogens with zero attached hydrogens (tertiary/aromatic N) is 1. The molecule has 0 radical (unpaired) electrons. The van der Waals surface area contributed by atoms with Gasteiger partial charge < -0.3 is 11.1 Å². The first-order valence-electron chi connectivity index (χ1n) is 5.63. The first-order chi connectivity index (χ1) is 7.58. The van der Waals surface area contributed by atoms with Crippen LogP contribution in [0.3, 0.4) is 0 Å². The molecule has 1 amide bonds. The van der Waals surface area contributed by atoms with E-state index < -0.39 is 5.54 Å². The summed E-state index contributed by atoms with van der Waals surface area (Å²) in [7, 11) is 0. The number of carbonyl (C=O) groups excluding carboxylic acids is 1. The van der Waals surface area contributed by atoms with Crippen molar-refractivity contribution in [3.63, 3.8) is 0 Å². The average Bonchev–Trinajstić information content (AvgIpc) is 2.66. The van der Waals surface area contributed by atoms with Crippen molar-refractivity contribution in [1.82, 2.24) is 5.32 Å². The van der Waals surface area contributed by atoms with Crippen molar-refractivity contribution in [3.05, 3.63) is 0 Å². The highest BCUT2D eigenvalue weighted by Gasteiger charge is 2.35.